The van der Waals surface area contributed by atoms with E-state index in [0.29, 0.717) is 12.1 Å². The quantitative estimate of drug-likeness (QED) is 0.730. The standard InChI is InChI=1S/C17H12ClF3N4/c18-14-13(12-10(20)6-8(19)7-11(12)21)16(24-9-2-1-3-9)25-17-15(14)22-4-5-23-17/h4-7,9H,1-3H2,(H,23,24,25). The van der Waals surface area contributed by atoms with Crippen molar-refractivity contribution in [1.82, 2.24) is 15.0 Å². The third-order valence-corrected chi connectivity index (χ3v) is 4.63. The van der Waals surface area contributed by atoms with E-state index in [-0.39, 0.29) is 33.6 Å². The highest BCUT2D eigenvalue weighted by atomic mass is 35.5. The van der Waals surface area contributed by atoms with Crippen LogP contribution in [0.4, 0.5) is 19.0 Å². The normalized spacial score (nSPS) is 14.6. The zero-order chi connectivity index (χ0) is 17.6. The van der Waals surface area contributed by atoms with Gasteiger partial charge in [-0.15, -0.1) is 0 Å². The van der Waals surface area contributed by atoms with Crippen molar-refractivity contribution < 1.29 is 13.2 Å². The van der Waals surface area contributed by atoms with Crippen LogP contribution in [-0.4, -0.2) is 21.0 Å². The molecule has 0 bridgehead atoms. The summed E-state index contributed by atoms with van der Waals surface area (Å²) < 4.78 is 42.0. The lowest BCUT2D eigenvalue weighted by Gasteiger charge is -2.28. The van der Waals surface area contributed by atoms with Crippen molar-refractivity contribution in [3.63, 3.8) is 0 Å². The number of hydrogen-bond acceptors (Lipinski definition) is 4. The molecule has 0 saturated heterocycles. The third-order valence-electron chi connectivity index (χ3n) is 4.26. The summed E-state index contributed by atoms with van der Waals surface area (Å²) in [6, 6.07) is 1.37. The van der Waals surface area contributed by atoms with Crippen molar-refractivity contribution in [1.29, 1.82) is 0 Å². The van der Waals surface area contributed by atoms with Crippen molar-refractivity contribution >= 4 is 28.6 Å². The Morgan fingerprint density at radius 1 is 1.00 bits per heavy atom. The molecule has 3 aromatic rings. The van der Waals surface area contributed by atoms with E-state index in [0.717, 1.165) is 19.3 Å². The molecule has 0 atom stereocenters. The first-order valence-corrected chi connectivity index (χ1v) is 8.14. The van der Waals surface area contributed by atoms with Crippen LogP contribution in [-0.2, 0) is 0 Å². The first kappa shape index (κ1) is 16.1. The molecule has 0 unspecified atom stereocenters. The van der Waals surface area contributed by atoms with Crippen molar-refractivity contribution in [2.45, 2.75) is 25.3 Å². The first-order chi connectivity index (χ1) is 12.0. The zero-order valence-corrected chi connectivity index (χ0v) is 13.6. The molecule has 1 saturated carbocycles. The van der Waals surface area contributed by atoms with Gasteiger partial charge in [-0.05, 0) is 19.3 Å². The minimum absolute atomic E-state index is 0.0179. The van der Waals surface area contributed by atoms with E-state index in [1.54, 1.807) is 0 Å². The lowest BCUT2D eigenvalue weighted by atomic mass is 9.92. The number of nitrogens with zero attached hydrogens (tertiary/aromatic N) is 3. The van der Waals surface area contributed by atoms with Crippen LogP contribution in [0.2, 0.25) is 5.02 Å². The molecule has 4 rings (SSSR count). The molecular weight excluding hydrogens is 353 g/mol. The Kier molecular flexibility index (Phi) is 3.95. The largest absolute Gasteiger partial charge is 0.367 e. The molecule has 2 heterocycles. The van der Waals surface area contributed by atoms with Crippen LogP contribution in [0.3, 0.4) is 0 Å². The number of benzene rings is 1. The Labute approximate surface area is 146 Å². The van der Waals surface area contributed by atoms with E-state index >= 15 is 0 Å². The first-order valence-electron chi connectivity index (χ1n) is 7.76. The molecule has 1 aliphatic rings. The highest BCUT2D eigenvalue weighted by Crippen LogP contribution is 2.41. The van der Waals surface area contributed by atoms with Crippen LogP contribution < -0.4 is 5.32 Å². The topological polar surface area (TPSA) is 50.7 Å². The lowest BCUT2D eigenvalue weighted by Crippen LogP contribution is -2.28. The molecule has 0 aliphatic heterocycles. The van der Waals surface area contributed by atoms with E-state index in [9.17, 15) is 13.2 Å². The summed E-state index contributed by atoms with van der Waals surface area (Å²) in [7, 11) is 0. The number of rotatable bonds is 3. The number of fused-ring (bicyclic) bond motifs is 1. The smallest absolute Gasteiger partial charge is 0.181 e. The summed E-state index contributed by atoms with van der Waals surface area (Å²) in [6.45, 7) is 0. The summed E-state index contributed by atoms with van der Waals surface area (Å²) in [6.07, 6.45) is 5.78. The van der Waals surface area contributed by atoms with Crippen molar-refractivity contribution in [2.75, 3.05) is 5.32 Å². The summed E-state index contributed by atoms with van der Waals surface area (Å²) in [5.41, 5.74) is 0.0762. The maximum Gasteiger partial charge on any atom is 0.181 e. The van der Waals surface area contributed by atoms with Gasteiger partial charge in [-0.25, -0.2) is 28.1 Å². The Morgan fingerprint density at radius 2 is 1.68 bits per heavy atom. The van der Waals surface area contributed by atoms with E-state index in [1.165, 1.54) is 12.4 Å². The Bertz CT molecular complexity index is 953. The van der Waals surface area contributed by atoms with Crippen molar-refractivity contribution in [2.24, 2.45) is 0 Å². The molecule has 128 valence electrons. The number of aromatic nitrogens is 3. The second-order valence-corrected chi connectivity index (χ2v) is 6.27. The van der Waals surface area contributed by atoms with Crippen LogP contribution in [0.1, 0.15) is 19.3 Å². The zero-order valence-electron chi connectivity index (χ0n) is 12.9. The molecule has 1 aromatic carbocycles. The number of nitrogens with one attached hydrogen (secondary N) is 1. The Hall–Kier alpha value is -2.41. The average Bonchev–Trinajstić information content (AvgIpc) is 2.52. The molecule has 1 aliphatic carbocycles. The molecule has 0 radical (unpaired) electrons. The molecule has 1 fully saturated rings. The van der Waals surface area contributed by atoms with Crippen LogP contribution in [0.15, 0.2) is 24.5 Å². The molecule has 0 amide bonds. The van der Waals surface area contributed by atoms with Gasteiger partial charge in [-0.2, -0.15) is 0 Å². The fraction of sp³-hybridized carbons (Fsp3) is 0.235. The summed E-state index contributed by atoms with van der Waals surface area (Å²) in [5, 5.41) is 3.17. The molecule has 8 heteroatoms. The van der Waals surface area contributed by atoms with E-state index in [4.69, 9.17) is 11.6 Å². The number of pyridine rings is 1. The molecular formula is C17H12ClF3N4. The van der Waals surface area contributed by atoms with E-state index < -0.39 is 23.0 Å². The fourth-order valence-corrected chi connectivity index (χ4v) is 3.13. The number of anilines is 1. The number of hydrogen-bond donors (Lipinski definition) is 1. The lowest BCUT2D eigenvalue weighted by molar-refractivity contribution is 0.444. The minimum atomic E-state index is -1.05. The average molecular weight is 365 g/mol. The maximum atomic E-state index is 14.4. The second kappa shape index (κ2) is 6.15. The summed E-state index contributed by atoms with van der Waals surface area (Å²) in [4.78, 5) is 12.5. The summed E-state index contributed by atoms with van der Waals surface area (Å²) >= 11 is 6.40. The number of halogens is 4. The van der Waals surface area contributed by atoms with Crippen molar-refractivity contribution in [3.8, 4) is 11.1 Å². The van der Waals surface area contributed by atoms with E-state index in [1.807, 2.05) is 0 Å². The van der Waals surface area contributed by atoms with Gasteiger partial charge in [0.15, 0.2) is 5.65 Å². The molecule has 4 nitrogen and oxygen atoms in total. The van der Waals surface area contributed by atoms with Gasteiger partial charge in [-0.1, -0.05) is 11.6 Å². The highest BCUT2D eigenvalue weighted by Gasteiger charge is 2.26. The molecule has 0 spiro atoms. The Balaban J connectivity index is 2.00. The molecule has 2 aromatic heterocycles. The van der Waals surface area contributed by atoms with Gasteiger partial charge in [0.05, 0.1) is 16.1 Å². The van der Waals surface area contributed by atoms with Crippen LogP contribution in [0.5, 0.6) is 0 Å². The van der Waals surface area contributed by atoms with Gasteiger partial charge in [0, 0.05) is 30.6 Å². The van der Waals surface area contributed by atoms with Gasteiger partial charge in [0.25, 0.3) is 0 Å². The second-order valence-electron chi connectivity index (χ2n) is 5.89. The van der Waals surface area contributed by atoms with Gasteiger partial charge in [0.1, 0.15) is 28.8 Å². The third kappa shape index (κ3) is 2.78. The van der Waals surface area contributed by atoms with Crippen LogP contribution in [0, 0.1) is 17.5 Å². The fourth-order valence-electron chi connectivity index (χ4n) is 2.81. The Morgan fingerprint density at radius 3 is 2.32 bits per heavy atom. The van der Waals surface area contributed by atoms with E-state index in [2.05, 4.69) is 20.3 Å². The van der Waals surface area contributed by atoms with Gasteiger partial charge in [-0.3, -0.25) is 0 Å². The highest BCUT2D eigenvalue weighted by molar-refractivity contribution is 6.38. The monoisotopic (exact) mass is 364 g/mol. The summed E-state index contributed by atoms with van der Waals surface area (Å²) in [5.74, 6) is -2.90. The minimum Gasteiger partial charge on any atom is -0.367 e. The predicted octanol–water partition coefficient (Wildman–Crippen LogP) is 4.73. The maximum absolute atomic E-state index is 14.4. The van der Waals surface area contributed by atoms with Gasteiger partial charge >= 0.3 is 0 Å². The molecule has 1 N–H and O–H groups in total. The van der Waals surface area contributed by atoms with Crippen molar-refractivity contribution in [3.05, 3.63) is 47.0 Å². The van der Waals surface area contributed by atoms with Gasteiger partial charge in [0.2, 0.25) is 0 Å². The van der Waals surface area contributed by atoms with Crippen LogP contribution >= 0.6 is 11.6 Å². The van der Waals surface area contributed by atoms with Gasteiger partial charge < -0.3 is 5.32 Å². The van der Waals surface area contributed by atoms with Crippen LogP contribution in [0.25, 0.3) is 22.3 Å². The SMILES string of the molecule is Fc1cc(F)c(-c2c(NC3CCC3)nc3nccnc3c2Cl)c(F)c1. The predicted molar refractivity (Wildman–Crippen MR) is 88.9 cm³/mol. The molecule has 25 heavy (non-hydrogen) atoms.